The zero-order valence-corrected chi connectivity index (χ0v) is 10.2. The molecule has 0 fully saturated rings. The number of allylic oxidation sites excluding steroid dienone is 2. The highest BCUT2D eigenvalue weighted by atomic mass is 35.5. The van der Waals surface area contributed by atoms with Crippen molar-refractivity contribution in [3.63, 3.8) is 0 Å². The van der Waals surface area contributed by atoms with Crippen molar-refractivity contribution in [2.45, 2.75) is 30.6 Å². The number of fused-ring (bicyclic) bond motifs is 1. The smallest absolute Gasteiger partial charge is 0.0347 e. The van der Waals surface area contributed by atoms with E-state index in [0.29, 0.717) is 5.92 Å². The third-order valence-corrected chi connectivity index (χ3v) is 3.49. The predicted octanol–water partition coefficient (Wildman–Crippen LogP) is 4.76. The van der Waals surface area contributed by atoms with Crippen LogP contribution < -0.4 is 0 Å². The quantitative estimate of drug-likeness (QED) is 0.507. The van der Waals surface area contributed by atoms with Gasteiger partial charge in [-0.2, -0.15) is 0 Å². The Hall–Kier alpha value is -1.01. The summed E-state index contributed by atoms with van der Waals surface area (Å²) in [6, 6.07) is 8.56. The van der Waals surface area contributed by atoms with Crippen LogP contribution >= 0.6 is 11.6 Å². The van der Waals surface area contributed by atoms with E-state index in [9.17, 15) is 0 Å². The molecule has 84 valence electrons. The van der Waals surface area contributed by atoms with E-state index >= 15 is 0 Å². The van der Waals surface area contributed by atoms with Crippen LogP contribution in [-0.2, 0) is 0 Å². The lowest BCUT2D eigenvalue weighted by Crippen LogP contribution is -2.04. The van der Waals surface area contributed by atoms with Crippen LogP contribution in [0.2, 0.25) is 0 Å². The fraction of sp³-hybridized carbons (Fsp3) is 0.333. The molecule has 2 atom stereocenters. The summed E-state index contributed by atoms with van der Waals surface area (Å²) in [6.07, 6.45) is 9.48. The minimum absolute atomic E-state index is 0.249. The summed E-state index contributed by atoms with van der Waals surface area (Å²) < 4.78 is 0. The fourth-order valence-electron chi connectivity index (χ4n) is 2.22. The Morgan fingerprint density at radius 3 is 3.00 bits per heavy atom. The number of halogens is 1. The standard InChI is InChI=1S/C15H17Cl/c1-2-3-7-14(16)11-13-10-9-12-6-4-5-8-15(12)13/h2,4-6,8-10,13-14H,1,3,7,11H2. The second-order valence-electron chi connectivity index (χ2n) is 4.29. The maximum Gasteiger partial charge on any atom is 0.0347 e. The Morgan fingerprint density at radius 2 is 2.19 bits per heavy atom. The maximum absolute atomic E-state index is 6.32. The van der Waals surface area contributed by atoms with Crippen molar-refractivity contribution < 1.29 is 0 Å². The van der Waals surface area contributed by atoms with E-state index in [1.54, 1.807) is 0 Å². The molecule has 0 N–H and O–H groups in total. The van der Waals surface area contributed by atoms with Gasteiger partial charge in [0.1, 0.15) is 0 Å². The molecule has 0 amide bonds. The largest absolute Gasteiger partial charge is 0.123 e. The molecule has 0 bridgehead atoms. The van der Waals surface area contributed by atoms with Gasteiger partial charge in [-0.15, -0.1) is 18.2 Å². The van der Waals surface area contributed by atoms with Crippen LogP contribution in [0.5, 0.6) is 0 Å². The summed E-state index contributed by atoms with van der Waals surface area (Å²) in [6.45, 7) is 3.73. The first-order valence-corrected chi connectivity index (χ1v) is 6.27. The molecule has 1 aliphatic rings. The molecule has 2 unspecified atom stereocenters. The molecule has 1 heteroatoms. The van der Waals surface area contributed by atoms with Crippen molar-refractivity contribution in [3.05, 3.63) is 54.1 Å². The summed E-state index contributed by atoms with van der Waals surface area (Å²) in [4.78, 5) is 0. The lowest BCUT2D eigenvalue weighted by molar-refractivity contribution is 0.656. The fourth-order valence-corrected chi connectivity index (χ4v) is 2.54. The van der Waals surface area contributed by atoms with Crippen LogP contribution in [0, 0.1) is 0 Å². The molecule has 0 heterocycles. The van der Waals surface area contributed by atoms with Crippen LogP contribution in [0.1, 0.15) is 36.3 Å². The van der Waals surface area contributed by atoms with Crippen molar-refractivity contribution in [2.24, 2.45) is 0 Å². The zero-order valence-electron chi connectivity index (χ0n) is 9.40. The molecular weight excluding hydrogens is 216 g/mol. The number of alkyl halides is 1. The molecule has 0 nitrogen and oxygen atoms in total. The Balaban J connectivity index is 1.98. The molecule has 0 saturated heterocycles. The van der Waals surface area contributed by atoms with Crippen molar-refractivity contribution in [1.82, 2.24) is 0 Å². The summed E-state index contributed by atoms with van der Waals surface area (Å²) in [5.41, 5.74) is 2.77. The zero-order chi connectivity index (χ0) is 11.4. The first-order chi connectivity index (χ1) is 7.81. The first kappa shape index (κ1) is 11.5. The van der Waals surface area contributed by atoms with Crippen LogP contribution in [0.3, 0.4) is 0 Å². The Morgan fingerprint density at radius 1 is 1.38 bits per heavy atom. The van der Waals surface area contributed by atoms with Gasteiger partial charge < -0.3 is 0 Å². The number of rotatable bonds is 5. The molecule has 0 saturated carbocycles. The molecule has 0 radical (unpaired) electrons. The molecule has 1 aromatic rings. The third-order valence-electron chi connectivity index (χ3n) is 3.10. The predicted molar refractivity (Wildman–Crippen MR) is 71.9 cm³/mol. The highest BCUT2D eigenvalue weighted by Gasteiger charge is 2.19. The van der Waals surface area contributed by atoms with Crippen molar-refractivity contribution in [2.75, 3.05) is 0 Å². The van der Waals surface area contributed by atoms with Gasteiger partial charge in [0.15, 0.2) is 0 Å². The highest BCUT2D eigenvalue weighted by Crippen LogP contribution is 2.34. The number of hydrogen-bond donors (Lipinski definition) is 0. The van der Waals surface area contributed by atoms with Gasteiger partial charge in [-0.25, -0.2) is 0 Å². The molecule has 2 rings (SSSR count). The summed E-state index contributed by atoms with van der Waals surface area (Å²) >= 11 is 6.32. The van der Waals surface area contributed by atoms with E-state index in [1.807, 2.05) is 6.08 Å². The normalized spacial score (nSPS) is 19.4. The van der Waals surface area contributed by atoms with Crippen molar-refractivity contribution in [3.8, 4) is 0 Å². The summed E-state index contributed by atoms with van der Waals surface area (Å²) in [5.74, 6) is 0.503. The van der Waals surface area contributed by atoms with E-state index in [2.05, 4.69) is 43.0 Å². The van der Waals surface area contributed by atoms with E-state index < -0.39 is 0 Å². The van der Waals surface area contributed by atoms with Crippen molar-refractivity contribution >= 4 is 17.7 Å². The van der Waals surface area contributed by atoms with Gasteiger partial charge in [-0.1, -0.05) is 42.5 Å². The Labute approximate surface area is 103 Å². The van der Waals surface area contributed by atoms with Crippen LogP contribution in [0.15, 0.2) is 43.0 Å². The molecule has 0 aliphatic heterocycles. The average molecular weight is 233 g/mol. The minimum atomic E-state index is 0.249. The van der Waals surface area contributed by atoms with Crippen LogP contribution in [0.4, 0.5) is 0 Å². The van der Waals surface area contributed by atoms with Crippen molar-refractivity contribution in [1.29, 1.82) is 0 Å². The Kier molecular flexibility index (Phi) is 3.84. The van der Waals surface area contributed by atoms with Gasteiger partial charge >= 0.3 is 0 Å². The molecule has 0 spiro atoms. The third kappa shape index (κ3) is 2.56. The van der Waals surface area contributed by atoms with Gasteiger partial charge in [-0.3, -0.25) is 0 Å². The van der Waals surface area contributed by atoms with Gasteiger partial charge in [0.2, 0.25) is 0 Å². The Bertz CT molecular complexity index is 392. The van der Waals surface area contributed by atoms with E-state index in [0.717, 1.165) is 19.3 Å². The molecular formula is C15H17Cl. The first-order valence-electron chi connectivity index (χ1n) is 5.83. The molecule has 1 aliphatic carbocycles. The van der Waals surface area contributed by atoms with E-state index in [1.165, 1.54) is 11.1 Å². The monoisotopic (exact) mass is 232 g/mol. The summed E-state index contributed by atoms with van der Waals surface area (Å²) in [7, 11) is 0. The second-order valence-corrected chi connectivity index (χ2v) is 4.91. The molecule has 1 aromatic carbocycles. The maximum atomic E-state index is 6.32. The van der Waals surface area contributed by atoms with E-state index in [4.69, 9.17) is 11.6 Å². The second kappa shape index (κ2) is 5.36. The number of benzene rings is 1. The molecule has 0 aromatic heterocycles. The van der Waals surface area contributed by atoms with Gasteiger partial charge in [0.25, 0.3) is 0 Å². The lowest BCUT2D eigenvalue weighted by atomic mass is 9.95. The minimum Gasteiger partial charge on any atom is -0.123 e. The van der Waals surface area contributed by atoms with E-state index in [-0.39, 0.29) is 5.38 Å². The number of hydrogen-bond acceptors (Lipinski definition) is 0. The molecule has 16 heavy (non-hydrogen) atoms. The van der Waals surface area contributed by atoms with Crippen LogP contribution in [-0.4, -0.2) is 5.38 Å². The highest BCUT2D eigenvalue weighted by molar-refractivity contribution is 6.20. The average Bonchev–Trinajstić information content (AvgIpc) is 2.70. The van der Waals surface area contributed by atoms with Crippen LogP contribution in [0.25, 0.3) is 6.08 Å². The lowest BCUT2D eigenvalue weighted by Gasteiger charge is -2.14. The van der Waals surface area contributed by atoms with Gasteiger partial charge in [0.05, 0.1) is 0 Å². The van der Waals surface area contributed by atoms with Gasteiger partial charge in [0, 0.05) is 11.3 Å². The summed E-state index contributed by atoms with van der Waals surface area (Å²) in [5, 5.41) is 0.249. The topological polar surface area (TPSA) is 0 Å². The SMILES string of the molecule is C=CCCC(Cl)CC1C=Cc2ccccc21. The van der Waals surface area contributed by atoms with Gasteiger partial charge in [-0.05, 0) is 30.4 Å².